The van der Waals surface area contributed by atoms with E-state index in [9.17, 15) is 19.7 Å². The first kappa shape index (κ1) is 19.4. The number of likely N-dealkylation sites (N-methyl/N-ethyl adjacent to an activating group) is 1. The van der Waals surface area contributed by atoms with E-state index >= 15 is 0 Å². The number of hydrogen-bond acceptors (Lipinski definition) is 5. The Bertz CT molecular complexity index is 814. The lowest BCUT2D eigenvalue weighted by Crippen LogP contribution is -2.40. The van der Waals surface area contributed by atoms with Crippen LogP contribution in [0.15, 0.2) is 48.5 Å². The molecule has 0 aromatic heterocycles. The first-order valence-electron chi connectivity index (χ1n) is 7.62. The predicted molar refractivity (Wildman–Crippen MR) is 98.0 cm³/mol. The molecular weight excluding hydrogens is 360 g/mol. The number of para-hydroxylation sites is 1. The second-order valence-electron chi connectivity index (χ2n) is 5.57. The van der Waals surface area contributed by atoms with E-state index in [4.69, 9.17) is 11.6 Å². The summed E-state index contributed by atoms with van der Waals surface area (Å²) in [5.74, 6) is -0.512. The van der Waals surface area contributed by atoms with E-state index in [1.807, 2.05) is 6.07 Å². The Kier molecular flexibility index (Phi) is 6.65. The fourth-order valence-electron chi connectivity index (χ4n) is 2.24. The molecule has 2 aromatic carbocycles. The molecule has 0 saturated heterocycles. The average Bonchev–Trinajstić information content (AvgIpc) is 2.57. The van der Waals surface area contributed by atoms with E-state index in [1.54, 1.807) is 36.2 Å². The second kappa shape index (κ2) is 8.93. The highest BCUT2D eigenvalue weighted by molar-refractivity contribution is 6.31. The number of rotatable bonds is 6. The molecule has 2 aromatic rings. The van der Waals surface area contributed by atoms with E-state index in [0.29, 0.717) is 16.3 Å². The first-order chi connectivity index (χ1) is 12.3. The van der Waals surface area contributed by atoms with Gasteiger partial charge in [0.1, 0.15) is 0 Å². The molecule has 0 aliphatic carbocycles. The van der Waals surface area contributed by atoms with Gasteiger partial charge in [0, 0.05) is 29.4 Å². The third-order valence-electron chi connectivity index (χ3n) is 3.38. The highest BCUT2D eigenvalue weighted by atomic mass is 35.5. The lowest BCUT2D eigenvalue weighted by molar-refractivity contribution is -0.384. The number of anilines is 1. The van der Waals surface area contributed by atoms with Crippen LogP contribution < -0.4 is 10.6 Å². The second-order valence-corrected chi connectivity index (χ2v) is 5.98. The van der Waals surface area contributed by atoms with Crippen molar-refractivity contribution in [2.24, 2.45) is 0 Å². The number of carbonyl (C=O) groups excluding carboxylic acids is 2. The van der Waals surface area contributed by atoms with Gasteiger partial charge >= 0.3 is 6.03 Å². The van der Waals surface area contributed by atoms with Crippen LogP contribution in [0.1, 0.15) is 5.56 Å². The monoisotopic (exact) mass is 376 g/mol. The van der Waals surface area contributed by atoms with Crippen LogP contribution in [0.3, 0.4) is 0 Å². The molecule has 8 nitrogen and oxygen atoms in total. The average molecular weight is 377 g/mol. The Morgan fingerprint density at radius 1 is 1.19 bits per heavy atom. The van der Waals surface area contributed by atoms with Crippen molar-refractivity contribution in [2.75, 3.05) is 18.9 Å². The van der Waals surface area contributed by atoms with Gasteiger partial charge in [-0.2, -0.15) is 0 Å². The summed E-state index contributed by atoms with van der Waals surface area (Å²) in [4.78, 5) is 35.6. The summed E-state index contributed by atoms with van der Waals surface area (Å²) in [6.07, 6.45) is 0. The standard InChI is InChI=1S/C17H17ClN4O4/c1-21(10-12-9-14(22(25)26)7-8-15(12)18)11-16(23)20-17(24)19-13-5-3-2-4-6-13/h2-9H,10-11H2,1H3,(H2,19,20,23,24). The van der Waals surface area contributed by atoms with Crippen molar-refractivity contribution in [3.8, 4) is 0 Å². The summed E-state index contributed by atoms with van der Waals surface area (Å²) in [7, 11) is 1.64. The molecule has 2 rings (SSSR count). The zero-order valence-electron chi connectivity index (χ0n) is 13.9. The Morgan fingerprint density at radius 2 is 1.88 bits per heavy atom. The van der Waals surface area contributed by atoms with Crippen LogP contribution in [0, 0.1) is 10.1 Å². The van der Waals surface area contributed by atoms with Gasteiger partial charge in [-0.15, -0.1) is 0 Å². The van der Waals surface area contributed by atoms with E-state index in [1.165, 1.54) is 18.2 Å². The molecule has 0 atom stereocenters. The molecule has 0 saturated carbocycles. The predicted octanol–water partition coefficient (Wildman–Crippen LogP) is 3.03. The van der Waals surface area contributed by atoms with Crippen LogP contribution in [0.5, 0.6) is 0 Å². The van der Waals surface area contributed by atoms with E-state index in [0.717, 1.165) is 0 Å². The fraction of sp³-hybridized carbons (Fsp3) is 0.176. The Labute approximate surface area is 154 Å². The lowest BCUT2D eigenvalue weighted by atomic mass is 10.2. The molecule has 0 radical (unpaired) electrons. The quantitative estimate of drug-likeness (QED) is 0.595. The van der Waals surface area contributed by atoms with E-state index in [2.05, 4.69) is 10.6 Å². The number of non-ortho nitro benzene ring substituents is 1. The zero-order valence-corrected chi connectivity index (χ0v) is 14.7. The number of halogens is 1. The van der Waals surface area contributed by atoms with Gasteiger partial charge in [-0.1, -0.05) is 29.8 Å². The molecule has 2 N–H and O–H groups in total. The number of carbonyl (C=O) groups is 2. The summed E-state index contributed by atoms with van der Waals surface area (Å²) < 4.78 is 0. The number of benzene rings is 2. The minimum atomic E-state index is -0.636. The maximum atomic E-state index is 11.9. The Hall–Kier alpha value is -2.97. The number of hydrogen-bond donors (Lipinski definition) is 2. The van der Waals surface area contributed by atoms with Crippen molar-refractivity contribution in [3.63, 3.8) is 0 Å². The Morgan fingerprint density at radius 3 is 2.54 bits per heavy atom. The molecule has 0 bridgehead atoms. The van der Waals surface area contributed by atoms with Crippen molar-refractivity contribution in [3.05, 3.63) is 69.2 Å². The van der Waals surface area contributed by atoms with Crippen LogP contribution >= 0.6 is 11.6 Å². The van der Waals surface area contributed by atoms with Crippen LogP contribution in [0.25, 0.3) is 0 Å². The van der Waals surface area contributed by atoms with E-state index < -0.39 is 16.9 Å². The summed E-state index contributed by atoms with van der Waals surface area (Å²) in [6.45, 7) is 0.134. The smallest absolute Gasteiger partial charge is 0.308 e. The van der Waals surface area contributed by atoms with Gasteiger partial charge < -0.3 is 5.32 Å². The van der Waals surface area contributed by atoms with Crippen molar-refractivity contribution in [2.45, 2.75) is 6.54 Å². The summed E-state index contributed by atoms with van der Waals surface area (Å²) >= 11 is 6.04. The highest BCUT2D eigenvalue weighted by Crippen LogP contribution is 2.23. The van der Waals surface area contributed by atoms with Crippen molar-refractivity contribution < 1.29 is 14.5 Å². The number of amides is 3. The zero-order chi connectivity index (χ0) is 19.1. The lowest BCUT2D eigenvalue weighted by Gasteiger charge is -2.17. The number of nitro groups is 1. The third-order valence-corrected chi connectivity index (χ3v) is 3.75. The first-order valence-corrected chi connectivity index (χ1v) is 8.00. The molecule has 0 spiro atoms. The molecule has 3 amide bonds. The largest absolute Gasteiger partial charge is 0.325 e. The SMILES string of the molecule is CN(CC(=O)NC(=O)Nc1ccccc1)Cc1cc([N+](=O)[O-])ccc1Cl. The van der Waals surface area contributed by atoms with Gasteiger partial charge in [-0.3, -0.25) is 25.1 Å². The number of urea groups is 1. The van der Waals surface area contributed by atoms with E-state index in [-0.39, 0.29) is 18.8 Å². The number of nitrogens with one attached hydrogen (secondary N) is 2. The molecule has 0 aliphatic heterocycles. The van der Waals surface area contributed by atoms with Crippen LogP contribution in [0.2, 0.25) is 5.02 Å². The number of imide groups is 1. The van der Waals surface area contributed by atoms with Gasteiger partial charge in [-0.25, -0.2) is 4.79 Å². The van der Waals surface area contributed by atoms with Gasteiger partial charge in [0.05, 0.1) is 11.5 Å². The normalized spacial score (nSPS) is 10.4. The van der Waals surface area contributed by atoms with Crippen LogP contribution in [-0.4, -0.2) is 35.4 Å². The molecule has 136 valence electrons. The molecule has 0 heterocycles. The number of nitrogens with zero attached hydrogens (tertiary/aromatic N) is 2. The number of nitro benzene ring substituents is 1. The molecule has 0 unspecified atom stereocenters. The molecule has 9 heteroatoms. The van der Waals surface area contributed by atoms with Crippen LogP contribution in [-0.2, 0) is 11.3 Å². The molecule has 0 fully saturated rings. The fourth-order valence-corrected chi connectivity index (χ4v) is 2.42. The van der Waals surface area contributed by atoms with Crippen molar-refractivity contribution in [1.82, 2.24) is 10.2 Å². The highest BCUT2D eigenvalue weighted by Gasteiger charge is 2.14. The van der Waals surface area contributed by atoms with Gasteiger partial charge in [0.15, 0.2) is 0 Å². The maximum absolute atomic E-state index is 11.9. The minimum Gasteiger partial charge on any atom is -0.308 e. The Balaban J connectivity index is 1.88. The summed E-state index contributed by atoms with van der Waals surface area (Å²) in [5.41, 5.74) is 1.00. The van der Waals surface area contributed by atoms with Crippen molar-refractivity contribution in [1.29, 1.82) is 0 Å². The molecule has 0 aliphatic rings. The van der Waals surface area contributed by atoms with Gasteiger partial charge in [0.25, 0.3) is 5.69 Å². The van der Waals surface area contributed by atoms with Crippen molar-refractivity contribution >= 4 is 34.9 Å². The molecule has 26 heavy (non-hydrogen) atoms. The van der Waals surface area contributed by atoms with Gasteiger partial charge in [-0.05, 0) is 30.8 Å². The van der Waals surface area contributed by atoms with Gasteiger partial charge in [0.2, 0.25) is 5.91 Å². The minimum absolute atomic E-state index is 0.0792. The maximum Gasteiger partial charge on any atom is 0.325 e. The molecular formula is C17H17ClN4O4. The topological polar surface area (TPSA) is 105 Å². The van der Waals surface area contributed by atoms with Crippen LogP contribution in [0.4, 0.5) is 16.2 Å². The third kappa shape index (κ3) is 5.83. The summed E-state index contributed by atoms with van der Waals surface area (Å²) in [6, 6.07) is 12.2. The summed E-state index contributed by atoms with van der Waals surface area (Å²) in [5, 5.41) is 16.0.